The summed E-state index contributed by atoms with van der Waals surface area (Å²) in [5.41, 5.74) is 0.208. The van der Waals surface area contributed by atoms with Gasteiger partial charge in [-0.2, -0.15) is 0 Å². The SMILES string of the molecule is CC1(C(=O)O)CCCN1C(=O)c1cccc(OCc2cccnc2)c1. The molecule has 1 fully saturated rings. The number of benzene rings is 1. The number of hydrogen-bond acceptors (Lipinski definition) is 4. The molecule has 1 aromatic heterocycles. The number of rotatable bonds is 5. The highest BCUT2D eigenvalue weighted by atomic mass is 16.5. The molecule has 6 nitrogen and oxygen atoms in total. The fraction of sp³-hybridized carbons (Fsp3) is 0.316. The molecule has 0 bridgehead atoms. The highest BCUT2D eigenvalue weighted by molar-refractivity contribution is 5.98. The molecule has 0 spiro atoms. The number of nitrogens with zero attached hydrogens (tertiary/aromatic N) is 2. The summed E-state index contributed by atoms with van der Waals surface area (Å²) in [4.78, 5) is 29.8. The van der Waals surface area contributed by atoms with Crippen molar-refractivity contribution in [2.45, 2.75) is 31.9 Å². The van der Waals surface area contributed by atoms with Gasteiger partial charge in [0, 0.05) is 30.1 Å². The third-order valence-electron chi connectivity index (χ3n) is 4.56. The summed E-state index contributed by atoms with van der Waals surface area (Å²) in [6.07, 6.45) is 4.56. The number of ether oxygens (including phenoxy) is 1. The van der Waals surface area contributed by atoms with E-state index < -0.39 is 11.5 Å². The molecular formula is C19H20N2O4. The minimum atomic E-state index is -1.15. The Labute approximate surface area is 146 Å². The van der Waals surface area contributed by atoms with Crippen LogP contribution in [0.15, 0.2) is 48.8 Å². The van der Waals surface area contributed by atoms with Crippen LogP contribution in [0.5, 0.6) is 5.75 Å². The van der Waals surface area contributed by atoms with Gasteiger partial charge < -0.3 is 14.7 Å². The summed E-state index contributed by atoms with van der Waals surface area (Å²) in [6.45, 7) is 2.40. The maximum Gasteiger partial charge on any atom is 0.329 e. The molecular weight excluding hydrogens is 320 g/mol. The van der Waals surface area contributed by atoms with E-state index in [9.17, 15) is 14.7 Å². The molecule has 1 N–H and O–H groups in total. The first kappa shape index (κ1) is 17.0. The highest BCUT2D eigenvalue weighted by Crippen LogP contribution is 2.31. The average molecular weight is 340 g/mol. The molecule has 3 rings (SSSR count). The molecule has 1 aromatic carbocycles. The first-order valence-electron chi connectivity index (χ1n) is 8.18. The van der Waals surface area contributed by atoms with Gasteiger partial charge in [0.25, 0.3) is 5.91 Å². The Morgan fingerprint density at radius 2 is 2.16 bits per heavy atom. The van der Waals surface area contributed by atoms with Crippen molar-refractivity contribution in [2.75, 3.05) is 6.54 Å². The summed E-state index contributed by atoms with van der Waals surface area (Å²) >= 11 is 0. The number of carbonyl (C=O) groups excluding carboxylic acids is 1. The maximum atomic E-state index is 12.8. The number of aromatic nitrogens is 1. The fourth-order valence-electron chi connectivity index (χ4n) is 3.04. The van der Waals surface area contributed by atoms with Gasteiger partial charge in [-0.05, 0) is 44.0 Å². The van der Waals surface area contributed by atoms with E-state index in [1.807, 2.05) is 12.1 Å². The topological polar surface area (TPSA) is 79.7 Å². The van der Waals surface area contributed by atoms with E-state index in [-0.39, 0.29) is 5.91 Å². The second kappa shape index (κ2) is 6.93. The van der Waals surface area contributed by atoms with Crippen molar-refractivity contribution in [1.82, 2.24) is 9.88 Å². The fourth-order valence-corrected chi connectivity index (χ4v) is 3.04. The number of carboxylic acids is 1. The zero-order valence-electron chi connectivity index (χ0n) is 14.0. The molecule has 1 aliphatic rings. The van der Waals surface area contributed by atoms with Crippen LogP contribution in [0.4, 0.5) is 0 Å². The van der Waals surface area contributed by atoms with Crippen LogP contribution in [-0.4, -0.2) is 39.0 Å². The van der Waals surface area contributed by atoms with Crippen LogP contribution in [-0.2, 0) is 11.4 Å². The van der Waals surface area contributed by atoms with Gasteiger partial charge in [0.15, 0.2) is 0 Å². The van der Waals surface area contributed by atoms with Crippen molar-refractivity contribution >= 4 is 11.9 Å². The van der Waals surface area contributed by atoms with Crippen molar-refractivity contribution in [1.29, 1.82) is 0 Å². The lowest BCUT2D eigenvalue weighted by molar-refractivity contribution is -0.147. The number of aliphatic carboxylic acids is 1. The number of carboxylic acid groups (broad SMARTS) is 1. The monoisotopic (exact) mass is 340 g/mol. The number of hydrogen-bond donors (Lipinski definition) is 1. The van der Waals surface area contributed by atoms with Gasteiger partial charge in [0.05, 0.1) is 0 Å². The molecule has 1 unspecified atom stereocenters. The van der Waals surface area contributed by atoms with Gasteiger partial charge in [-0.25, -0.2) is 4.79 Å². The Balaban J connectivity index is 1.75. The van der Waals surface area contributed by atoms with Crippen molar-refractivity contribution in [3.8, 4) is 5.75 Å². The van der Waals surface area contributed by atoms with Crippen molar-refractivity contribution in [3.63, 3.8) is 0 Å². The van der Waals surface area contributed by atoms with Crippen molar-refractivity contribution in [2.24, 2.45) is 0 Å². The van der Waals surface area contributed by atoms with Gasteiger partial charge >= 0.3 is 5.97 Å². The molecule has 2 heterocycles. The van der Waals surface area contributed by atoms with Crippen LogP contribution in [0.1, 0.15) is 35.7 Å². The predicted octanol–water partition coefficient (Wildman–Crippen LogP) is 2.74. The van der Waals surface area contributed by atoms with Crippen LogP contribution in [0.3, 0.4) is 0 Å². The third-order valence-corrected chi connectivity index (χ3v) is 4.56. The van der Waals surface area contributed by atoms with Gasteiger partial charge in [-0.3, -0.25) is 9.78 Å². The largest absolute Gasteiger partial charge is 0.489 e. The van der Waals surface area contributed by atoms with Crippen LogP contribution in [0, 0.1) is 0 Å². The van der Waals surface area contributed by atoms with Crippen molar-refractivity contribution < 1.29 is 19.4 Å². The molecule has 0 radical (unpaired) electrons. The quantitative estimate of drug-likeness (QED) is 0.905. The maximum absolute atomic E-state index is 12.8. The highest BCUT2D eigenvalue weighted by Gasteiger charge is 2.46. The van der Waals surface area contributed by atoms with E-state index in [0.29, 0.717) is 37.3 Å². The molecule has 2 aromatic rings. The molecule has 0 aliphatic carbocycles. The average Bonchev–Trinajstić information content (AvgIpc) is 3.04. The van der Waals surface area contributed by atoms with Crippen molar-refractivity contribution in [3.05, 3.63) is 59.9 Å². The van der Waals surface area contributed by atoms with Crippen LogP contribution < -0.4 is 4.74 Å². The predicted molar refractivity (Wildman–Crippen MR) is 91.3 cm³/mol. The minimum absolute atomic E-state index is 0.283. The molecule has 130 valence electrons. The molecule has 0 saturated carbocycles. The lowest BCUT2D eigenvalue weighted by Crippen LogP contribution is -2.50. The molecule has 25 heavy (non-hydrogen) atoms. The van der Waals surface area contributed by atoms with Gasteiger partial charge in [-0.1, -0.05) is 12.1 Å². The standard InChI is InChI=1S/C19H20N2O4/c1-19(18(23)24)8-4-10-21(19)17(22)15-6-2-7-16(11-15)25-13-14-5-3-9-20-12-14/h2-3,5-7,9,11-12H,4,8,10,13H2,1H3,(H,23,24). The second-order valence-electron chi connectivity index (χ2n) is 6.32. The Kier molecular flexibility index (Phi) is 4.70. The van der Waals surface area contributed by atoms with E-state index in [4.69, 9.17) is 4.74 Å². The smallest absolute Gasteiger partial charge is 0.329 e. The van der Waals surface area contributed by atoms with Gasteiger partial charge in [-0.15, -0.1) is 0 Å². The van der Waals surface area contributed by atoms with Gasteiger partial charge in [0.1, 0.15) is 17.9 Å². The van der Waals surface area contributed by atoms with E-state index in [0.717, 1.165) is 5.56 Å². The van der Waals surface area contributed by atoms with Crippen LogP contribution in [0.2, 0.25) is 0 Å². The number of pyridine rings is 1. The summed E-state index contributed by atoms with van der Waals surface area (Å²) < 4.78 is 5.72. The molecule has 1 saturated heterocycles. The zero-order valence-corrected chi connectivity index (χ0v) is 14.0. The summed E-state index contributed by atoms with van der Waals surface area (Å²) in [6, 6.07) is 10.6. The Hall–Kier alpha value is -2.89. The Morgan fingerprint density at radius 1 is 1.32 bits per heavy atom. The number of carbonyl (C=O) groups is 2. The lowest BCUT2D eigenvalue weighted by Gasteiger charge is -2.31. The van der Waals surface area contributed by atoms with Crippen LogP contribution in [0.25, 0.3) is 0 Å². The first-order valence-corrected chi connectivity index (χ1v) is 8.18. The van der Waals surface area contributed by atoms with E-state index in [1.54, 1.807) is 43.6 Å². The normalized spacial score (nSPS) is 19.6. The number of amides is 1. The molecule has 1 aliphatic heterocycles. The summed E-state index contributed by atoms with van der Waals surface area (Å²) in [7, 11) is 0. The van der Waals surface area contributed by atoms with E-state index in [2.05, 4.69) is 4.98 Å². The Morgan fingerprint density at radius 3 is 2.88 bits per heavy atom. The second-order valence-corrected chi connectivity index (χ2v) is 6.32. The number of likely N-dealkylation sites (tertiary alicyclic amines) is 1. The third kappa shape index (κ3) is 3.47. The van der Waals surface area contributed by atoms with Crippen LogP contribution >= 0.6 is 0 Å². The summed E-state index contributed by atoms with van der Waals surface area (Å²) in [5, 5.41) is 9.48. The summed E-state index contributed by atoms with van der Waals surface area (Å²) in [5.74, 6) is -0.692. The Bertz CT molecular complexity index is 778. The first-order chi connectivity index (χ1) is 12.0. The van der Waals surface area contributed by atoms with E-state index >= 15 is 0 Å². The van der Waals surface area contributed by atoms with Gasteiger partial charge in [0.2, 0.25) is 0 Å². The molecule has 6 heteroatoms. The lowest BCUT2D eigenvalue weighted by atomic mass is 9.98. The van der Waals surface area contributed by atoms with E-state index in [1.165, 1.54) is 4.90 Å². The minimum Gasteiger partial charge on any atom is -0.489 e. The molecule has 1 amide bonds. The zero-order chi connectivity index (χ0) is 17.9. The molecule has 1 atom stereocenters.